The summed E-state index contributed by atoms with van der Waals surface area (Å²) in [5, 5.41) is 0.620. The summed E-state index contributed by atoms with van der Waals surface area (Å²) in [6.45, 7) is 6.56. The van der Waals surface area contributed by atoms with Crippen molar-refractivity contribution in [2.75, 3.05) is 26.2 Å². The van der Waals surface area contributed by atoms with Crippen molar-refractivity contribution in [3.63, 3.8) is 0 Å². The molecular formula is C19H25ClN2O3. The average Bonchev–Trinajstić information content (AvgIpc) is 2.60. The predicted molar refractivity (Wildman–Crippen MR) is 96.7 cm³/mol. The Hall–Kier alpha value is -1.59. The van der Waals surface area contributed by atoms with Crippen LogP contribution in [0.4, 0.5) is 0 Å². The molecule has 0 radical (unpaired) electrons. The van der Waals surface area contributed by atoms with E-state index in [-0.39, 0.29) is 29.9 Å². The molecule has 6 heteroatoms. The van der Waals surface area contributed by atoms with Crippen molar-refractivity contribution in [1.29, 1.82) is 0 Å². The second-order valence-electron chi connectivity index (χ2n) is 7.07. The van der Waals surface area contributed by atoms with E-state index in [1.807, 2.05) is 23.6 Å². The lowest BCUT2D eigenvalue weighted by atomic mass is 9.94. The standard InChI is InChI=1S/C19H25ClN2O3/c1-13-11-22(12-14(2)25-13)19(24)16-7-9-21(10-8-16)18(23)15-3-5-17(20)6-4-15/h3-6,13-14,16H,7-12H2,1-2H3. The van der Waals surface area contributed by atoms with Crippen molar-refractivity contribution in [2.24, 2.45) is 5.92 Å². The van der Waals surface area contributed by atoms with E-state index in [4.69, 9.17) is 16.3 Å². The maximum atomic E-state index is 12.8. The zero-order chi connectivity index (χ0) is 18.0. The minimum absolute atomic E-state index is 0.00627. The predicted octanol–water partition coefficient (Wildman–Crippen LogP) is 2.83. The molecule has 2 fully saturated rings. The summed E-state index contributed by atoms with van der Waals surface area (Å²) in [4.78, 5) is 29.1. The summed E-state index contributed by atoms with van der Waals surface area (Å²) in [5.74, 6) is 0.226. The molecule has 0 aromatic heterocycles. The Morgan fingerprint density at radius 2 is 1.56 bits per heavy atom. The molecule has 2 amide bonds. The molecule has 2 aliphatic heterocycles. The lowest BCUT2D eigenvalue weighted by molar-refractivity contribution is -0.148. The molecule has 136 valence electrons. The van der Waals surface area contributed by atoms with E-state index in [2.05, 4.69) is 0 Å². The average molecular weight is 365 g/mol. The molecule has 3 rings (SSSR count). The Balaban J connectivity index is 1.55. The number of ether oxygens (including phenoxy) is 1. The number of benzene rings is 1. The lowest BCUT2D eigenvalue weighted by Gasteiger charge is -2.39. The molecule has 5 nitrogen and oxygen atoms in total. The molecule has 2 aliphatic rings. The highest BCUT2D eigenvalue weighted by Crippen LogP contribution is 2.23. The molecule has 0 N–H and O–H groups in total. The van der Waals surface area contributed by atoms with E-state index < -0.39 is 0 Å². The Kier molecular flexibility index (Phi) is 5.64. The molecule has 2 saturated heterocycles. The number of morpholine rings is 1. The first-order valence-corrected chi connectivity index (χ1v) is 9.31. The number of piperidine rings is 1. The summed E-state index contributed by atoms with van der Waals surface area (Å²) in [5.41, 5.74) is 0.644. The van der Waals surface area contributed by atoms with Crippen LogP contribution in [0.2, 0.25) is 5.02 Å². The highest BCUT2D eigenvalue weighted by atomic mass is 35.5. The Morgan fingerprint density at radius 3 is 2.12 bits per heavy atom. The van der Waals surface area contributed by atoms with Gasteiger partial charge in [0.05, 0.1) is 12.2 Å². The maximum absolute atomic E-state index is 12.8. The van der Waals surface area contributed by atoms with E-state index in [1.165, 1.54) is 0 Å². The molecule has 1 aromatic rings. The van der Waals surface area contributed by atoms with Gasteiger partial charge in [0, 0.05) is 42.7 Å². The first-order chi connectivity index (χ1) is 11.9. The van der Waals surface area contributed by atoms with E-state index in [1.54, 1.807) is 24.3 Å². The summed E-state index contributed by atoms with van der Waals surface area (Å²) in [6.07, 6.45) is 1.61. The Bertz CT molecular complexity index is 616. The molecule has 1 aromatic carbocycles. The summed E-state index contributed by atoms with van der Waals surface area (Å²) >= 11 is 5.87. The topological polar surface area (TPSA) is 49.9 Å². The molecule has 0 saturated carbocycles. The van der Waals surface area contributed by atoms with Gasteiger partial charge in [-0.15, -0.1) is 0 Å². The third-order valence-corrected chi connectivity index (χ3v) is 5.21. The SMILES string of the molecule is CC1CN(C(=O)C2CCN(C(=O)c3ccc(Cl)cc3)CC2)CC(C)O1. The minimum Gasteiger partial charge on any atom is -0.372 e. The first kappa shape index (κ1) is 18.2. The van der Waals surface area contributed by atoms with Crippen molar-refractivity contribution in [2.45, 2.75) is 38.9 Å². The number of nitrogens with zero attached hydrogens (tertiary/aromatic N) is 2. The van der Waals surface area contributed by atoms with Gasteiger partial charge in [0.1, 0.15) is 0 Å². The van der Waals surface area contributed by atoms with Gasteiger partial charge >= 0.3 is 0 Å². The van der Waals surface area contributed by atoms with Gasteiger partial charge < -0.3 is 14.5 Å². The molecule has 0 bridgehead atoms. The van der Waals surface area contributed by atoms with Gasteiger partial charge in [0.25, 0.3) is 5.91 Å². The molecule has 2 heterocycles. The highest BCUT2D eigenvalue weighted by Gasteiger charge is 2.33. The Morgan fingerprint density at radius 1 is 1.00 bits per heavy atom. The van der Waals surface area contributed by atoms with Crippen molar-refractivity contribution >= 4 is 23.4 Å². The quantitative estimate of drug-likeness (QED) is 0.810. The monoisotopic (exact) mass is 364 g/mol. The largest absolute Gasteiger partial charge is 0.372 e. The first-order valence-electron chi connectivity index (χ1n) is 8.93. The second kappa shape index (κ2) is 7.75. The van der Waals surface area contributed by atoms with E-state index in [0.717, 1.165) is 12.8 Å². The fourth-order valence-electron chi connectivity index (χ4n) is 3.72. The number of rotatable bonds is 2. The van der Waals surface area contributed by atoms with Crippen molar-refractivity contribution in [1.82, 2.24) is 9.80 Å². The second-order valence-corrected chi connectivity index (χ2v) is 7.51. The van der Waals surface area contributed by atoms with Gasteiger partial charge in [-0.3, -0.25) is 9.59 Å². The van der Waals surface area contributed by atoms with Crippen LogP contribution in [0.25, 0.3) is 0 Å². The van der Waals surface area contributed by atoms with Gasteiger partial charge in [-0.2, -0.15) is 0 Å². The van der Waals surface area contributed by atoms with Gasteiger partial charge in [-0.05, 0) is 51.0 Å². The third-order valence-electron chi connectivity index (χ3n) is 4.95. The molecule has 25 heavy (non-hydrogen) atoms. The molecular weight excluding hydrogens is 340 g/mol. The van der Waals surface area contributed by atoms with Crippen LogP contribution in [0.3, 0.4) is 0 Å². The van der Waals surface area contributed by atoms with E-state index in [0.29, 0.717) is 36.8 Å². The lowest BCUT2D eigenvalue weighted by Crippen LogP contribution is -2.51. The number of carbonyl (C=O) groups excluding carboxylic acids is 2. The normalized spacial score (nSPS) is 25.1. The number of carbonyl (C=O) groups is 2. The fraction of sp³-hybridized carbons (Fsp3) is 0.579. The maximum Gasteiger partial charge on any atom is 0.253 e. The summed E-state index contributed by atoms with van der Waals surface area (Å²) < 4.78 is 5.70. The van der Waals surface area contributed by atoms with Crippen LogP contribution in [0, 0.1) is 5.92 Å². The number of halogens is 1. The summed E-state index contributed by atoms with van der Waals surface area (Å²) in [7, 11) is 0. The highest BCUT2D eigenvalue weighted by molar-refractivity contribution is 6.30. The van der Waals surface area contributed by atoms with Crippen LogP contribution in [0.15, 0.2) is 24.3 Å². The molecule has 2 unspecified atom stereocenters. The fourth-order valence-corrected chi connectivity index (χ4v) is 3.85. The minimum atomic E-state index is 0.00627. The van der Waals surface area contributed by atoms with Crippen molar-refractivity contribution < 1.29 is 14.3 Å². The van der Waals surface area contributed by atoms with E-state index >= 15 is 0 Å². The molecule has 2 atom stereocenters. The van der Waals surface area contributed by atoms with Crippen LogP contribution < -0.4 is 0 Å². The van der Waals surface area contributed by atoms with Crippen LogP contribution in [0.1, 0.15) is 37.0 Å². The van der Waals surface area contributed by atoms with Crippen molar-refractivity contribution in [3.05, 3.63) is 34.9 Å². The van der Waals surface area contributed by atoms with Gasteiger partial charge in [-0.1, -0.05) is 11.6 Å². The van der Waals surface area contributed by atoms with Crippen LogP contribution in [-0.4, -0.2) is 60.0 Å². The number of likely N-dealkylation sites (tertiary alicyclic amines) is 1. The Labute approximate surface area is 153 Å². The smallest absolute Gasteiger partial charge is 0.253 e. The molecule has 0 aliphatic carbocycles. The van der Waals surface area contributed by atoms with Crippen LogP contribution >= 0.6 is 11.6 Å². The van der Waals surface area contributed by atoms with Gasteiger partial charge in [-0.25, -0.2) is 0 Å². The van der Waals surface area contributed by atoms with Crippen LogP contribution in [0.5, 0.6) is 0 Å². The van der Waals surface area contributed by atoms with Gasteiger partial charge in [0.15, 0.2) is 0 Å². The van der Waals surface area contributed by atoms with Crippen molar-refractivity contribution in [3.8, 4) is 0 Å². The number of hydrogen-bond donors (Lipinski definition) is 0. The zero-order valence-corrected chi connectivity index (χ0v) is 15.5. The van der Waals surface area contributed by atoms with Gasteiger partial charge in [0.2, 0.25) is 5.91 Å². The van der Waals surface area contributed by atoms with E-state index in [9.17, 15) is 9.59 Å². The molecule has 0 spiro atoms. The third kappa shape index (κ3) is 4.33. The zero-order valence-electron chi connectivity index (χ0n) is 14.8. The van der Waals surface area contributed by atoms with Crippen LogP contribution in [-0.2, 0) is 9.53 Å². The summed E-state index contributed by atoms with van der Waals surface area (Å²) in [6, 6.07) is 6.95. The number of hydrogen-bond acceptors (Lipinski definition) is 3. The number of amides is 2.